The zero-order valence-electron chi connectivity index (χ0n) is 42.5. The molecule has 7 rings (SSSR count). The molecule has 0 fully saturated rings. The number of hydrogen-bond acceptors (Lipinski definition) is 4. The molecule has 0 spiro atoms. The van der Waals surface area contributed by atoms with E-state index in [1.54, 1.807) is 60.7 Å². The van der Waals surface area contributed by atoms with Gasteiger partial charge in [-0.15, -0.1) is 22.7 Å². The molecule has 1 aliphatic rings. The van der Waals surface area contributed by atoms with E-state index in [4.69, 9.17) is 9.47 Å². The van der Waals surface area contributed by atoms with Crippen LogP contribution in [-0.2, 0) is 0 Å². The second kappa shape index (κ2) is 25.5. The molecule has 1 aliphatic carbocycles. The van der Waals surface area contributed by atoms with Crippen molar-refractivity contribution < 1.29 is 44.6 Å². The molecule has 0 N–H and O–H groups in total. The monoisotopic (exact) mass is 1050 g/mol. The molecular weight excluding hydrogens is 981 g/mol. The summed E-state index contributed by atoms with van der Waals surface area (Å²) in [7, 11) is 0. The van der Waals surface area contributed by atoms with Gasteiger partial charge in [-0.2, -0.15) is 26.3 Å². The van der Waals surface area contributed by atoms with Crippen LogP contribution in [0.3, 0.4) is 0 Å². The summed E-state index contributed by atoms with van der Waals surface area (Å²) in [6, 6.07) is 25.3. The fraction of sp³-hybridized carbons (Fsp3) is 0.443. The summed E-state index contributed by atoms with van der Waals surface area (Å²) in [5, 5.41) is 0. The summed E-state index contributed by atoms with van der Waals surface area (Å²) >= 11 is 1.53. The van der Waals surface area contributed by atoms with Crippen LogP contribution in [0.15, 0.2) is 97.1 Å². The molecule has 2 aromatic heterocycles. The number of ether oxygens (including phenoxy) is 2. The molecule has 0 aliphatic heterocycles. The lowest BCUT2D eigenvalue weighted by Gasteiger charge is -2.25. The van der Waals surface area contributed by atoms with Gasteiger partial charge in [-0.3, -0.25) is 0 Å². The smallest absolute Gasteiger partial charge is 0.380 e. The SMILES string of the molecule is CCCCCCCCCCCOc1ccc(-c2ccc(-c3cc(C4=C(c5sc(-c6ccc(-c7ccc(OCCCCCCCCCCC)cc7)c(F)c6)cc5C)C(F)(F)C(F)(F)C4(F)F)c(C)s3)cc2F)cc1. The Hall–Kier alpha value is -4.94. The van der Waals surface area contributed by atoms with Gasteiger partial charge in [-0.1, -0.05) is 165 Å². The maximum atomic E-state index is 16.1. The van der Waals surface area contributed by atoms with E-state index in [0.717, 1.165) is 43.1 Å². The normalized spacial score (nSPS) is 14.8. The number of hydrogen-bond donors (Lipinski definition) is 0. The third kappa shape index (κ3) is 13.1. The molecule has 392 valence electrons. The van der Waals surface area contributed by atoms with Crippen LogP contribution in [0, 0.1) is 25.5 Å². The molecule has 0 saturated carbocycles. The van der Waals surface area contributed by atoms with Crippen LogP contribution in [0.2, 0.25) is 0 Å². The molecule has 2 nitrogen and oxygen atoms in total. The fourth-order valence-electron chi connectivity index (χ4n) is 9.60. The van der Waals surface area contributed by atoms with Crippen LogP contribution in [0.25, 0.3) is 54.3 Å². The van der Waals surface area contributed by atoms with Crippen molar-refractivity contribution in [2.45, 2.75) is 161 Å². The molecule has 0 bridgehead atoms. The first kappa shape index (κ1) is 55.8. The Morgan fingerprint density at radius 1 is 0.411 bits per heavy atom. The average molecular weight is 1050 g/mol. The topological polar surface area (TPSA) is 18.5 Å². The van der Waals surface area contributed by atoms with E-state index >= 15 is 35.1 Å². The minimum absolute atomic E-state index is 0.0484. The predicted octanol–water partition coefficient (Wildman–Crippen LogP) is 21.0. The van der Waals surface area contributed by atoms with Crippen LogP contribution < -0.4 is 9.47 Å². The minimum Gasteiger partial charge on any atom is -0.494 e. The number of unbranched alkanes of at least 4 members (excludes halogenated alkanes) is 16. The molecule has 0 saturated heterocycles. The van der Waals surface area contributed by atoms with E-state index in [-0.39, 0.29) is 42.4 Å². The second-order valence-corrected chi connectivity index (χ2v) is 21.8. The van der Waals surface area contributed by atoms with E-state index in [9.17, 15) is 0 Å². The molecule has 12 heteroatoms. The predicted molar refractivity (Wildman–Crippen MR) is 287 cm³/mol. The van der Waals surface area contributed by atoms with E-state index < -0.39 is 51.0 Å². The van der Waals surface area contributed by atoms with E-state index in [0.29, 0.717) is 47.2 Å². The van der Waals surface area contributed by atoms with Gasteiger partial charge in [0.2, 0.25) is 0 Å². The number of benzene rings is 4. The van der Waals surface area contributed by atoms with Crippen LogP contribution >= 0.6 is 22.7 Å². The van der Waals surface area contributed by atoms with Crippen LogP contribution in [-0.4, -0.2) is 31.0 Å². The van der Waals surface area contributed by atoms with E-state index in [2.05, 4.69) is 13.8 Å². The lowest BCUT2D eigenvalue weighted by atomic mass is 9.96. The van der Waals surface area contributed by atoms with Crippen molar-refractivity contribution in [2.75, 3.05) is 13.2 Å². The number of thiophene rings is 2. The Kier molecular flexibility index (Phi) is 19.5. The van der Waals surface area contributed by atoms with Gasteiger partial charge < -0.3 is 9.47 Å². The summed E-state index contributed by atoms with van der Waals surface area (Å²) in [6.07, 6.45) is 21.7. The Morgan fingerprint density at radius 2 is 0.795 bits per heavy atom. The van der Waals surface area contributed by atoms with Gasteiger partial charge in [-0.05, 0) is 109 Å². The standard InChI is InChI=1S/C61H68F8O2S2/c1-5-7-9-11-13-15-17-19-21-35-70-47-29-23-43(24-30-47)49-33-27-45(38-52(49)62)54-37-41(3)58(73-54)57-56(59(64,65)61(68,69)60(57,66)67)51-40-55(72-42(51)4)46-28-34-50(53(63)39-46)44-25-31-48(32-26-44)71-36-22-20-18-16-14-12-10-8-6-2/h23-34,37-40H,5-22,35-36H2,1-4H3. The summed E-state index contributed by atoms with van der Waals surface area (Å²) in [6.45, 7) is 8.35. The third-order valence-electron chi connectivity index (χ3n) is 13.9. The third-order valence-corrected chi connectivity index (χ3v) is 16.3. The van der Waals surface area contributed by atoms with Crippen molar-refractivity contribution in [1.82, 2.24) is 0 Å². The number of alkyl halides is 6. The van der Waals surface area contributed by atoms with Gasteiger partial charge in [-0.25, -0.2) is 8.78 Å². The molecule has 0 unspecified atom stereocenters. The number of rotatable bonds is 28. The average Bonchev–Trinajstić information content (AvgIpc) is 3.98. The fourth-order valence-corrected chi connectivity index (χ4v) is 11.9. The highest BCUT2D eigenvalue weighted by Crippen LogP contribution is 2.66. The Bertz CT molecular complexity index is 2570. The number of allylic oxidation sites excluding steroid dienone is 2. The maximum absolute atomic E-state index is 16.1. The molecular formula is C61H68F8O2S2. The van der Waals surface area contributed by atoms with E-state index in [1.165, 1.54) is 134 Å². The van der Waals surface area contributed by atoms with Crippen molar-refractivity contribution in [3.63, 3.8) is 0 Å². The highest BCUT2D eigenvalue weighted by atomic mass is 32.1. The molecule has 4 aromatic carbocycles. The van der Waals surface area contributed by atoms with Gasteiger partial charge in [0, 0.05) is 36.2 Å². The van der Waals surface area contributed by atoms with Crippen molar-refractivity contribution in [1.29, 1.82) is 0 Å². The van der Waals surface area contributed by atoms with Crippen LogP contribution in [0.4, 0.5) is 35.1 Å². The zero-order valence-corrected chi connectivity index (χ0v) is 44.2. The maximum Gasteiger partial charge on any atom is 0.380 e. The first-order valence-corrected chi connectivity index (χ1v) is 27.9. The van der Waals surface area contributed by atoms with Gasteiger partial charge in [0.1, 0.15) is 23.1 Å². The molecule has 0 atom stereocenters. The van der Waals surface area contributed by atoms with Crippen molar-refractivity contribution in [3.8, 4) is 54.6 Å². The summed E-state index contributed by atoms with van der Waals surface area (Å²) in [5.41, 5.74) is -1.19. The quantitative estimate of drug-likeness (QED) is 0.0360. The minimum atomic E-state index is -5.78. The Labute approximate surface area is 434 Å². The number of aryl methyl sites for hydroxylation is 2. The van der Waals surface area contributed by atoms with Crippen LogP contribution in [0.5, 0.6) is 11.5 Å². The van der Waals surface area contributed by atoms with Crippen LogP contribution in [0.1, 0.15) is 150 Å². The first-order valence-electron chi connectivity index (χ1n) is 26.3. The van der Waals surface area contributed by atoms with Crippen molar-refractivity contribution in [2.24, 2.45) is 0 Å². The molecule has 73 heavy (non-hydrogen) atoms. The molecule has 0 amide bonds. The highest BCUT2D eigenvalue weighted by molar-refractivity contribution is 7.17. The summed E-state index contributed by atoms with van der Waals surface area (Å²) < 4.78 is 139. The molecule has 6 aromatic rings. The molecule has 0 radical (unpaired) electrons. The van der Waals surface area contributed by atoms with Gasteiger partial charge in [0.05, 0.1) is 18.8 Å². The Balaban J connectivity index is 1.04. The van der Waals surface area contributed by atoms with Crippen molar-refractivity contribution >= 4 is 33.8 Å². The second-order valence-electron chi connectivity index (χ2n) is 19.5. The largest absolute Gasteiger partial charge is 0.494 e. The first-order chi connectivity index (χ1) is 35.1. The van der Waals surface area contributed by atoms with Gasteiger partial charge >= 0.3 is 17.8 Å². The summed E-state index contributed by atoms with van der Waals surface area (Å²) in [5.74, 6) is -16.3. The highest BCUT2D eigenvalue weighted by Gasteiger charge is 2.80. The zero-order chi connectivity index (χ0) is 52.2. The molecule has 2 heterocycles. The lowest BCUT2D eigenvalue weighted by molar-refractivity contribution is -0.254. The van der Waals surface area contributed by atoms with Gasteiger partial charge in [0.25, 0.3) is 0 Å². The van der Waals surface area contributed by atoms with Crippen molar-refractivity contribution in [3.05, 3.63) is 130 Å². The number of halogens is 8. The lowest BCUT2D eigenvalue weighted by Crippen LogP contribution is -2.48. The summed E-state index contributed by atoms with van der Waals surface area (Å²) in [4.78, 5) is 0.0733. The Morgan fingerprint density at radius 3 is 1.22 bits per heavy atom. The van der Waals surface area contributed by atoms with E-state index in [1.807, 2.05) is 0 Å². The van der Waals surface area contributed by atoms with Gasteiger partial charge in [0.15, 0.2) is 0 Å².